The lowest BCUT2D eigenvalue weighted by Gasteiger charge is -2.08. The zero-order chi connectivity index (χ0) is 12.5. The monoisotopic (exact) mass is 319 g/mol. The SMILES string of the molecule is COc1ccc(Br)c(CNCCCCCCl)c1. The van der Waals surface area contributed by atoms with Gasteiger partial charge in [-0.05, 0) is 43.1 Å². The molecule has 1 aromatic carbocycles. The van der Waals surface area contributed by atoms with Crippen molar-refractivity contribution in [1.82, 2.24) is 5.32 Å². The lowest BCUT2D eigenvalue weighted by atomic mass is 10.2. The molecule has 0 aromatic heterocycles. The van der Waals surface area contributed by atoms with E-state index in [9.17, 15) is 0 Å². The summed E-state index contributed by atoms with van der Waals surface area (Å²) in [6.07, 6.45) is 3.47. The van der Waals surface area contributed by atoms with Crippen LogP contribution < -0.4 is 10.1 Å². The minimum atomic E-state index is 0.765. The van der Waals surface area contributed by atoms with E-state index in [1.807, 2.05) is 12.1 Å². The fourth-order valence-electron chi connectivity index (χ4n) is 1.56. The van der Waals surface area contributed by atoms with Gasteiger partial charge in [-0.3, -0.25) is 0 Å². The Morgan fingerprint density at radius 1 is 1.29 bits per heavy atom. The van der Waals surface area contributed by atoms with Gasteiger partial charge in [-0.1, -0.05) is 22.4 Å². The quantitative estimate of drug-likeness (QED) is 0.578. The van der Waals surface area contributed by atoms with Gasteiger partial charge in [0.2, 0.25) is 0 Å². The van der Waals surface area contributed by atoms with E-state index in [4.69, 9.17) is 16.3 Å². The van der Waals surface area contributed by atoms with Gasteiger partial charge in [0, 0.05) is 16.9 Å². The molecule has 0 saturated heterocycles. The normalized spacial score (nSPS) is 10.5. The number of ether oxygens (including phenoxy) is 1. The first-order chi connectivity index (χ1) is 8.27. The summed E-state index contributed by atoms with van der Waals surface area (Å²) in [6, 6.07) is 6.02. The first-order valence-electron chi connectivity index (χ1n) is 5.87. The topological polar surface area (TPSA) is 21.3 Å². The number of alkyl halides is 1. The largest absolute Gasteiger partial charge is 0.497 e. The maximum absolute atomic E-state index is 5.62. The Balaban J connectivity index is 2.30. The van der Waals surface area contributed by atoms with Crippen molar-refractivity contribution in [3.63, 3.8) is 0 Å². The molecule has 2 nitrogen and oxygen atoms in total. The summed E-state index contributed by atoms with van der Waals surface area (Å²) < 4.78 is 6.32. The number of halogens is 2. The number of nitrogens with one attached hydrogen (secondary N) is 1. The van der Waals surface area contributed by atoms with Gasteiger partial charge in [-0.15, -0.1) is 11.6 Å². The molecule has 0 bridgehead atoms. The van der Waals surface area contributed by atoms with Crippen LogP contribution >= 0.6 is 27.5 Å². The second-order valence-electron chi connectivity index (χ2n) is 3.88. The Morgan fingerprint density at radius 2 is 2.12 bits per heavy atom. The van der Waals surface area contributed by atoms with E-state index in [2.05, 4.69) is 27.3 Å². The second kappa shape index (κ2) is 8.78. The van der Waals surface area contributed by atoms with Gasteiger partial charge < -0.3 is 10.1 Å². The van der Waals surface area contributed by atoms with E-state index in [1.165, 1.54) is 18.4 Å². The highest BCUT2D eigenvalue weighted by Gasteiger charge is 2.01. The van der Waals surface area contributed by atoms with Crippen LogP contribution in [0.15, 0.2) is 22.7 Å². The van der Waals surface area contributed by atoms with E-state index < -0.39 is 0 Å². The second-order valence-corrected chi connectivity index (χ2v) is 5.12. The fourth-order valence-corrected chi connectivity index (χ4v) is 2.13. The predicted octanol–water partition coefficient (Wildman–Crippen LogP) is 3.96. The van der Waals surface area contributed by atoms with E-state index >= 15 is 0 Å². The summed E-state index contributed by atoms with van der Waals surface area (Å²) in [6.45, 7) is 1.89. The van der Waals surface area contributed by atoms with E-state index in [1.54, 1.807) is 7.11 Å². The maximum Gasteiger partial charge on any atom is 0.119 e. The van der Waals surface area contributed by atoms with Crippen LogP contribution in [0.5, 0.6) is 5.75 Å². The molecule has 0 amide bonds. The Morgan fingerprint density at radius 3 is 2.82 bits per heavy atom. The third kappa shape index (κ3) is 5.75. The van der Waals surface area contributed by atoms with E-state index in [0.717, 1.165) is 35.6 Å². The summed E-state index contributed by atoms with van der Waals surface area (Å²) in [5, 5.41) is 3.42. The third-order valence-corrected chi connectivity index (χ3v) is 3.60. The van der Waals surface area contributed by atoms with Crippen LogP contribution in [-0.4, -0.2) is 19.5 Å². The Hall–Kier alpha value is -0.250. The number of rotatable bonds is 8. The molecule has 0 spiro atoms. The predicted molar refractivity (Wildman–Crippen MR) is 77.0 cm³/mol. The molecule has 0 aliphatic heterocycles. The molecule has 1 aromatic rings. The Labute approximate surface area is 117 Å². The molecular formula is C13H19BrClNO. The summed E-state index contributed by atoms with van der Waals surface area (Å²) in [5.41, 5.74) is 1.22. The van der Waals surface area contributed by atoms with Crippen molar-refractivity contribution in [1.29, 1.82) is 0 Å². The molecule has 4 heteroatoms. The fraction of sp³-hybridized carbons (Fsp3) is 0.538. The van der Waals surface area contributed by atoms with Crippen molar-refractivity contribution in [2.45, 2.75) is 25.8 Å². The molecule has 0 aliphatic carbocycles. The van der Waals surface area contributed by atoms with Crippen molar-refractivity contribution in [2.75, 3.05) is 19.5 Å². The summed E-state index contributed by atoms with van der Waals surface area (Å²) in [5.74, 6) is 1.66. The van der Waals surface area contributed by atoms with Crippen molar-refractivity contribution in [3.8, 4) is 5.75 Å². The van der Waals surface area contributed by atoms with Crippen LogP contribution in [0.25, 0.3) is 0 Å². The highest BCUT2D eigenvalue weighted by atomic mass is 79.9. The molecule has 1 N–H and O–H groups in total. The first-order valence-corrected chi connectivity index (χ1v) is 7.19. The molecule has 1 rings (SSSR count). The summed E-state index contributed by atoms with van der Waals surface area (Å²) >= 11 is 9.16. The highest BCUT2D eigenvalue weighted by molar-refractivity contribution is 9.10. The van der Waals surface area contributed by atoms with Gasteiger partial charge in [-0.2, -0.15) is 0 Å². The molecule has 96 valence electrons. The molecule has 0 saturated carbocycles. The zero-order valence-electron chi connectivity index (χ0n) is 10.1. The summed E-state index contributed by atoms with van der Waals surface area (Å²) in [7, 11) is 1.69. The van der Waals surface area contributed by atoms with Crippen LogP contribution in [0, 0.1) is 0 Å². The lowest BCUT2D eigenvalue weighted by molar-refractivity contribution is 0.414. The smallest absolute Gasteiger partial charge is 0.119 e. The van der Waals surface area contributed by atoms with Gasteiger partial charge in [-0.25, -0.2) is 0 Å². The minimum Gasteiger partial charge on any atom is -0.497 e. The first kappa shape index (κ1) is 14.8. The standard InChI is InChI=1S/C13H19BrClNO/c1-17-12-5-6-13(14)11(9-12)10-16-8-4-2-3-7-15/h5-6,9,16H,2-4,7-8,10H2,1H3. The van der Waals surface area contributed by atoms with Gasteiger partial charge >= 0.3 is 0 Å². The van der Waals surface area contributed by atoms with Gasteiger partial charge in [0.05, 0.1) is 7.11 Å². The Bertz CT molecular complexity index is 333. The average Bonchev–Trinajstić information content (AvgIpc) is 2.35. The van der Waals surface area contributed by atoms with Crippen LogP contribution in [-0.2, 0) is 6.54 Å². The van der Waals surface area contributed by atoms with Crippen molar-refractivity contribution < 1.29 is 4.74 Å². The third-order valence-electron chi connectivity index (χ3n) is 2.56. The number of benzene rings is 1. The molecule has 0 atom stereocenters. The van der Waals surface area contributed by atoms with Crippen molar-refractivity contribution >= 4 is 27.5 Å². The van der Waals surface area contributed by atoms with Crippen molar-refractivity contribution in [3.05, 3.63) is 28.2 Å². The molecule has 0 unspecified atom stereocenters. The molecule has 0 fully saturated rings. The molecule has 0 aliphatic rings. The van der Waals surface area contributed by atoms with Gasteiger partial charge in [0.15, 0.2) is 0 Å². The Kier molecular flexibility index (Phi) is 7.65. The zero-order valence-corrected chi connectivity index (χ0v) is 12.5. The van der Waals surface area contributed by atoms with Crippen LogP contribution in [0.3, 0.4) is 0 Å². The van der Waals surface area contributed by atoms with Gasteiger partial charge in [0.1, 0.15) is 5.75 Å². The molecule has 0 radical (unpaired) electrons. The van der Waals surface area contributed by atoms with Crippen LogP contribution in [0.1, 0.15) is 24.8 Å². The molecule has 17 heavy (non-hydrogen) atoms. The maximum atomic E-state index is 5.62. The number of hydrogen-bond acceptors (Lipinski definition) is 2. The van der Waals surface area contributed by atoms with Gasteiger partial charge in [0.25, 0.3) is 0 Å². The van der Waals surface area contributed by atoms with Crippen LogP contribution in [0.2, 0.25) is 0 Å². The lowest BCUT2D eigenvalue weighted by Crippen LogP contribution is -2.15. The number of hydrogen-bond donors (Lipinski definition) is 1. The van der Waals surface area contributed by atoms with E-state index in [-0.39, 0.29) is 0 Å². The summed E-state index contributed by atoms with van der Waals surface area (Å²) in [4.78, 5) is 0. The van der Waals surface area contributed by atoms with Crippen LogP contribution in [0.4, 0.5) is 0 Å². The van der Waals surface area contributed by atoms with Crippen molar-refractivity contribution in [2.24, 2.45) is 0 Å². The van der Waals surface area contributed by atoms with E-state index in [0.29, 0.717) is 0 Å². The minimum absolute atomic E-state index is 0.765. The number of unbranched alkanes of at least 4 members (excludes halogenated alkanes) is 2. The molecule has 0 heterocycles. The average molecular weight is 321 g/mol. The number of methoxy groups -OCH3 is 1. The highest BCUT2D eigenvalue weighted by Crippen LogP contribution is 2.22. The molecular weight excluding hydrogens is 302 g/mol.